The van der Waals surface area contributed by atoms with Crippen molar-refractivity contribution in [2.75, 3.05) is 0 Å². The Morgan fingerprint density at radius 2 is 2.07 bits per heavy atom. The van der Waals surface area contributed by atoms with Crippen molar-refractivity contribution in [3.05, 3.63) is 0 Å². The van der Waals surface area contributed by atoms with Gasteiger partial charge >= 0.3 is 5.97 Å². The Morgan fingerprint density at radius 3 is 2.71 bits per heavy atom. The fourth-order valence-electron chi connectivity index (χ4n) is 2.51. The zero-order valence-electron chi connectivity index (χ0n) is 8.03. The maximum atomic E-state index is 11.1. The summed E-state index contributed by atoms with van der Waals surface area (Å²) in [5.74, 6) is -0.115. The van der Waals surface area contributed by atoms with E-state index in [-0.39, 0.29) is 24.2 Å². The molecule has 78 valence electrons. The highest BCUT2D eigenvalue weighted by Crippen LogP contribution is 2.33. The molecule has 0 aromatic carbocycles. The van der Waals surface area contributed by atoms with Gasteiger partial charge in [-0.15, -0.1) is 0 Å². The molecule has 2 aliphatic rings. The molecule has 1 saturated heterocycles. The molecule has 0 radical (unpaired) electrons. The third-order valence-corrected chi connectivity index (χ3v) is 3.39. The summed E-state index contributed by atoms with van der Waals surface area (Å²) >= 11 is 0. The molecule has 2 rings (SSSR count). The highest BCUT2D eigenvalue weighted by Gasteiger charge is 2.40. The second-order valence-corrected chi connectivity index (χ2v) is 4.34. The number of carboxylic acids is 1. The first-order valence-electron chi connectivity index (χ1n) is 5.19. The molecule has 0 spiro atoms. The minimum atomic E-state index is -0.719. The minimum absolute atomic E-state index is 0.158. The zero-order valence-corrected chi connectivity index (χ0v) is 8.03. The number of amides is 1. The van der Waals surface area contributed by atoms with Crippen molar-refractivity contribution in [2.45, 2.75) is 38.1 Å². The van der Waals surface area contributed by atoms with E-state index in [0.717, 1.165) is 25.7 Å². The molecule has 0 aromatic rings. The predicted molar refractivity (Wildman–Crippen MR) is 49.6 cm³/mol. The van der Waals surface area contributed by atoms with Gasteiger partial charge in [-0.25, -0.2) is 0 Å². The average Bonchev–Trinajstić information content (AvgIpc) is 2.24. The monoisotopic (exact) mass is 197 g/mol. The van der Waals surface area contributed by atoms with E-state index in [9.17, 15) is 9.59 Å². The molecule has 1 amide bonds. The first kappa shape index (κ1) is 9.49. The molecule has 4 nitrogen and oxygen atoms in total. The first-order chi connectivity index (χ1) is 6.66. The Hall–Kier alpha value is -1.06. The number of β-lactam (4-membered cyclic amide) rings is 1. The number of carbonyl (C=O) groups is 2. The summed E-state index contributed by atoms with van der Waals surface area (Å²) in [7, 11) is 0. The Kier molecular flexibility index (Phi) is 2.44. The van der Waals surface area contributed by atoms with E-state index < -0.39 is 5.97 Å². The van der Waals surface area contributed by atoms with Crippen LogP contribution in [0.5, 0.6) is 0 Å². The van der Waals surface area contributed by atoms with E-state index in [1.807, 2.05) is 0 Å². The molecule has 1 saturated carbocycles. The predicted octanol–water partition coefficient (Wildman–Crippen LogP) is 0.766. The fourth-order valence-corrected chi connectivity index (χ4v) is 2.51. The maximum absolute atomic E-state index is 11.1. The standard InChI is InChI=1S/C10H15NO3/c12-9(13)5-6-1-3-7-8(4-2-6)11-10(7)14/h6-8H,1-5H2,(H,11,14)(H,12,13). The van der Waals surface area contributed by atoms with Crippen molar-refractivity contribution in [3.63, 3.8) is 0 Å². The van der Waals surface area contributed by atoms with Crippen molar-refractivity contribution in [1.29, 1.82) is 0 Å². The summed E-state index contributed by atoms with van der Waals surface area (Å²) in [6, 6.07) is 0.335. The lowest BCUT2D eigenvalue weighted by atomic mass is 9.86. The van der Waals surface area contributed by atoms with Gasteiger partial charge in [-0.2, -0.15) is 0 Å². The SMILES string of the molecule is O=C(O)CC1CCC2NC(=O)C2CC1. The smallest absolute Gasteiger partial charge is 0.303 e. The van der Waals surface area contributed by atoms with Crippen LogP contribution in [0.1, 0.15) is 32.1 Å². The van der Waals surface area contributed by atoms with Gasteiger partial charge in [-0.05, 0) is 31.6 Å². The highest BCUT2D eigenvalue weighted by atomic mass is 16.4. The number of carboxylic acid groups (broad SMARTS) is 1. The van der Waals surface area contributed by atoms with Gasteiger partial charge in [0, 0.05) is 12.5 Å². The number of rotatable bonds is 2. The van der Waals surface area contributed by atoms with Gasteiger partial charge in [0.05, 0.1) is 5.92 Å². The van der Waals surface area contributed by atoms with E-state index >= 15 is 0 Å². The van der Waals surface area contributed by atoms with Gasteiger partial charge in [-0.1, -0.05) is 0 Å². The molecule has 1 heterocycles. The van der Waals surface area contributed by atoms with Crippen LogP contribution < -0.4 is 5.32 Å². The Bertz CT molecular complexity index is 264. The van der Waals surface area contributed by atoms with Crippen molar-refractivity contribution in [1.82, 2.24) is 5.32 Å². The van der Waals surface area contributed by atoms with E-state index in [1.165, 1.54) is 0 Å². The highest BCUT2D eigenvalue weighted by molar-refractivity contribution is 5.85. The van der Waals surface area contributed by atoms with Gasteiger partial charge in [0.1, 0.15) is 0 Å². The minimum Gasteiger partial charge on any atom is -0.481 e. The quantitative estimate of drug-likeness (QED) is 0.642. The molecule has 2 N–H and O–H groups in total. The van der Waals surface area contributed by atoms with E-state index in [0.29, 0.717) is 6.04 Å². The maximum Gasteiger partial charge on any atom is 0.303 e. The zero-order chi connectivity index (χ0) is 10.1. The summed E-state index contributed by atoms with van der Waals surface area (Å²) in [5.41, 5.74) is 0. The number of nitrogens with one attached hydrogen (secondary N) is 1. The van der Waals surface area contributed by atoms with Crippen LogP contribution in [0.15, 0.2) is 0 Å². The van der Waals surface area contributed by atoms with Crippen molar-refractivity contribution >= 4 is 11.9 Å². The van der Waals surface area contributed by atoms with E-state index in [4.69, 9.17) is 5.11 Å². The molecule has 0 aromatic heterocycles. The van der Waals surface area contributed by atoms with Crippen LogP contribution in [0.2, 0.25) is 0 Å². The van der Waals surface area contributed by atoms with Crippen LogP contribution in [0.3, 0.4) is 0 Å². The van der Waals surface area contributed by atoms with Gasteiger partial charge in [-0.3, -0.25) is 9.59 Å². The van der Waals surface area contributed by atoms with Crippen molar-refractivity contribution in [2.24, 2.45) is 11.8 Å². The van der Waals surface area contributed by atoms with Crippen LogP contribution in [-0.2, 0) is 9.59 Å². The molecule has 1 aliphatic carbocycles. The normalized spacial score (nSPS) is 36.3. The van der Waals surface area contributed by atoms with Gasteiger partial charge in [0.25, 0.3) is 0 Å². The fraction of sp³-hybridized carbons (Fsp3) is 0.800. The van der Waals surface area contributed by atoms with Crippen LogP contribution in [0.25, 0.3) is 0 Å². The summed E-state index contributed by atoms with van der Waals surface area (Å²) in [6.45, 7) is 0. The molecular formula is C10H15NO3. The van der Waals surface area contributed by atoms with Gasteiger partial charge < -0.3 is 10.4 Å². The summed E-state index contributed by atoms with van der Waals surface area (Å²) in [6.07, 6.45) is 3.91. The lowest BCUT2D eigenvalue weighted by Gasteiger charge is -2.35. The third kappa shape index (κ3) is 1.74. The third-order valence-electron chi connectivity index (χ3n) is 3.39. The molecular weight excluding hydrogens is 182 g/mol. The first-order valence-corrected chi connectivity index (χ1v) is 5.19. The van der Waals surface area contributed by atoms with E-state index in [2.05, 4.69) is 5.32 Å². The number of hydrogen-bond donors (Lipinski definition) is 2. The number of carbonyl (C=O) groups excluding carboxylic acids is 1. The van der Waals surface area contributed by atoms with Gasteiger partial charge in [0.2, 0.25) is 5.91 Å². The largest absolute Gasteiger partial charge is 0.481 e. The van der Waals surface area contributed by atoms with Crippen molar-refractivity contribution < 1.29 is 14.7 Å². The van der Waals surface area contributed by atoms with Crippen LogP contribution in [-0.4, -0.2) is 23.0 Å². The molecule has 14 heavy (non-hydrogen) atoms. The van der Waals surface area contributed by atoms with Crippen LogP contribution >= 0.6 is 0 Å². The molecule has 1 aliphatic heterocycles. The topological polar surface area (TPSA) is 66.4 Å². The second-order valence-electron chi connectivity index (χ2n) is 4.34. The summed E-state index contributed by atoms with van der Waals surface area (Å²) < 4.78 is 0. The van der Waals surface area contributed by atoms with Crippen LogP contribution in [0.4, 0.5) is 0 Å². The number of hydrogen-bond acceptors (Lipinski definition) is 2. The van der Waals surface area contributed by atoms with E-state index in [1.54, 1.807) is 0 Å². The average molecular weight is 197 g/mol. The van der Waals surface area contributed by atoms with Crippen molar-refractivity contribution in [3.8, 4) is 0 Å². The lowest BCUT2D eigenvalue weighted by Crippen LogP contribution is -2.57. The Morgan fingerprint density at radius 1 is 1.36 bits per heavy atom. The van der Waals surface area contributed by atoms with Gasteiger partial charge in [0.15, 0.2) is 0 Å². The molecule has 0 bridgehead atoms. The number of aliphatic carboxylic acids is 1. The molecule has 4 heteroatoms. The summed E-state index contributed by atoms with van der Waals surface area (Å²) in [4.78, 5) is 21.7. The molecule has 3 unspecified atom stereocenters. The molecule has 3 atom stereocenters. The number of fused-ring (bicyclic) bond motifs is 1. The summed E-state index contributed by atoms with van der Waals surface area (Å²) in [5, 5.41) is 11.5. The lowest BCUT2D eigenvalue weighted by molar-refractivity contribution is -0.138. The molecule has 2 fully saturated rings. The van der Waals surface area contributed by atoms with Crippen LogP contribution in [0, 0.1) is 11.8 Å². The Labute approximate surface area is 82.7 Å². The Balaban J connectivity index is 1.88. The second kappa shape index (κ2) is 3.59.